The Labute approximate surface area is 175 Å². The van der Waals surface area contributed by atoms with E-state index in [-0.39, 0.29) is 28.6 Å². The Morgan fingerprint density at radius 1 is 1.27 bits per heavy atom. The topological polar surface area (TPSA) is 71.3 Å². The van der Waals surface area contributed by atoms with Crippen molar-refractivity contribution in [2.24, 2.45) is 0 Å². The fourth-order valence-electron chi connectivity index (χ4n) is 4.44. The minimum absolute atomic E-state index is 0.0135. The van der Waals surface area contributed by atoms with E-state index in [0.29, 0.717) is 4.88 Å². The van der Waals surface area contributed by atoms with Crippen LogP contribution in [0.15, 0.2) is 23.1 Å². The first-order valence-electron chi connectivity index (χ1n) is 10.0. The first-order valence-corrected chi connectivity index (χ1v) is 10.8. The predicted octanol–water partition coefficient (Wildman–Crippen LogP) is 4.64. The van der Waals surface area contributed by atoms with Gasteiger partial charge in [-0.1, -0.05) is 0 Å². The summed E-state index contributed by atoms with van der Waals surface area (Å²) in [5.74, 6) is -3.04. The zero-order valence-corrected chi connectivity index (χ0v) is 17.1. The fraction of sp³-hybridized carbons (Fsp3) is 0.364. The van der Waals surface area contributed by atoms with E-state index in [1.807, 2.05) is 13.1 Å². The van der Waals surface area contributed by atoms with Gasteiger partial charge in [-0.2, -0.15) is 0 Å². The van der Waals surface area contributed by atoms with Crippen LogP contribution in [0.4, 0.5) is 8.78 Å². The number of aromatic nitrogens is 1. The standard InChI is InChI=1S/C22H20F2N2O3S/c1-25-15-3-2-4-16-11(15)8-17(30-16)18-14(23)7-12-20(19(18)24)26(10-5-6-10)9-13(21(12)27)22(28)29/h7-10,15,25H,2-6H2,1H3,(H,28,29). The average molecular weight is 430 g/mol. The molecule has 0 saturated heterocycles. The lowest BCUT2D eigenvalue weighted by atomic mass is 9.93. The summed E-state index contributed by atoms with van der Waals surface area (Å²) in [6, 6.07) is 2.92. The number of aromatic carboxylic acids is 1. The van der Waals surface area contributed by atoms with Crippen molar-refractivity contribution in [2.75, 3.05) is 7.05 Å². The molecule has 156 valence electrons. The Balaban J connectivity index is 1.78. The number of carboxylic acid groups (broad SMARTS) is 1. The van der Waals surface area contributed by atoms with Crippen LogP contribution in [0, 0.1) is 11.6 Å². The van der Waals surface area contributed by atoms with Crippen LogP contribution in [0.25, 0.3) is 21.3 Å². The Morgan fingerprint density at radius 3 is 2.70 bits per heavy atom. The number of rotatable bonds is 4. The molecule has 2 heterocycles. The summed E-state index contributed by atoms with van der Waals surface area (Å²) < 4.78 is 32.4. The maximum atomic E-state index is 15.8. The summed E-state index contributed by atoms with van der Waals surface area (Å²) in [6.45, 7) is 0. The molecular weight excluding hydrogens is 410 g/mol. The molecule has 1 fully saturated rings. The smallest absolute Gasteiger partial charge is 0.341 e. The number of thiophene rings is 1. The number of pyridine rings is 1. The Hall–Kier alpha value is -2.58. The molecule has 0 amide bonds. The second kappa shape index (κ2) is 6.99. The number of nitrogens with zero attached hydrogens (tertiary/aromatic N) is 1. The van der Waals surface area contributed by atoms with Crippen LogP contribution in [-0.4, -0.2) is 22.7 Å². The van der Waals surface area contributed by atoms with Crippen molar-refractivity contribution in [1.82, 2.24) is 9.88 Å². The van der Waals surface area contributed by atoms with Crippen LogP contribution >= 0.6 is 11.3 Å². The molecule has 5 rings (SSSR count). The van der Waals surface area contributed by atoms with Gasteiger partial charge in [0.25, 0.3) is 0 Å². The molecule has 0 radical (unpaired) electrons. The van der Waals surface area contributed by atoms with Crippen molar-refractivity contribution in [3.63, 3.8) is 0 Å². The molecule has 3 aromatic rings. The van der Waals surface area contributed by atoms with E-state index in [0.717, 1.165) is 48.6 Å². The van der Waals surface area contributed by atoms with Gasteiger partial charge in [0.05, 0.1) is 16.5 Å². The molecule has 30 heavy (non-hydrogen) atoms. The quantitative estimate of drug-likeness (QED) is 0.633. The average Bonchev–Trinajstić information content (AvgIpc) is 3.46. The Morgan fingerprint density at radius 2 is 2.03 bits per heavy atom. The van der Waals surface area contributed by atoms with Crippen LogP contribution < -0.4 is 10.7 Å². The van der Waals surface area contributed by atoms with E-state index in [1.165, 1.54) is 22.1 Å². The molecule has 1 saturated carbocycles. The molecule has 1 unspecified atom stereocenters. The van der Waals surface area contributed by atoms with Crippen LogP contribution in [0.1, 0.15) is 58.6 Å². The first kappa shape index (κ1) is 19.4. The normalized spacial score (nSPS) is 18.6. The van der Waals surface area contributed by atoms with Crippen molar-refractivity contribution >= 4 is 28.2 Å². The van der Waals surface area contributed by atoms with E-state index in [4.69, 9.17) is 0 Å². The maximum absolute atomic E-state index is 15.8. The first-order chi connectivity index (χ1) is 14.4. The van der Waals surface area contributed by atoms with Crippen LogP contribution in [0.3, 0.4) is 0 Å². The molecule has 2 aliphatic rings. The Kier molecular flexibility index (Phi) is 4.52. The molecule has 1 atom stereocenters. The molecule has 0 bridgehead atoms. The van der Waals surface area contributed by atoms with Gasteiger partial charge in [0.2, 0.25) is 5.43 Å². The number of aryl methyl sites for hydroxylation is 1. The van der Waals surface area contributed by atoms with Crippen molar-refractivity contribution < 1.29 is 18.7 Å². The number of halogens is 2. The molecule has 1 aromatic carbocycles. The maximum Gasteiger partial charge on any atom is 0.341 e. The molecule has 2 N–H and O–H groups in total. The number of hydrogen-bond acceptors (Lipinski definition) is 4. The monoisotopic (exact) mass is 430 g/mol. The van der Waals surface area contributed by atoms with Gasteiger partial charge >= 0.3 is 5.97 Å². The number of nitrogens with one attached hydrogen (secondary N) is 1. The van der Waals surface area contributed by atoms with Crippen molar-refractivity contribution in [1.29, 1.82) is 0 Å². The van der Waals surface area contributed by atoms with E-state index >= 15 is 8.78 Å². The third-order valence-electron chi connectivity index (χ3n) is 6.09. The number of carbonyl (C=O) groups is 1. The van der Waals surface area contributed by atoms with E-state index in [2.05, 4.69) is 5.32 Å². The highest BCUT2D eigenvalue weighted by atomic mass is 32.1. The molecular formula is C22H20F2N2O3S. The summed E-state index contributed by atoms with van der Waals surface area (Å²) in [6.07, 6.45) is 5.60. The zero-order valence-electron chi connectivity index (χ0n) is 16.3. The van der Waals surface area contributed by atoms with Crippen LogP contribution in [-0.2, 0) is 6.42 Å². The number of benzene rings is 1. The zero-order chi connectivity index (χ0) is 21.2. The third kappa shape index (κ3) is 2.89. The highest BCUT2D eigenvalue weighted by molar-refractivity contribution is 7.15. The molecule has 2 aromatic heterocycles. The van der Waals surface area contributed by atoms with Crippen molar-refractivity contribution in [3.8, 4) is 10.4 Å². The molecule has 5 nitrogen and oxygen atoms in total. The number of hydrogen-bond donors (Lipinski definition) is 2. The van der Waals surface area contributed by atoms with Crippen molar-refractivity contribution in [2.45, 2.75) is 44.2 Å². The van der Waals surface area contributed by atoms with Crippen LogP contribution in [0.5, 0.6) is 0 Å². The van der Waals surface area contributed by atoms with Crippen molar-refractivity contribution in [3.05, 3.63) is 56.2 Å². The summed E-state index contributed by atoms with van der Waals surface area (Å²) >= 11 is 1.39. The summed E-state index contributed by atoms with van der Waals surface area (Å²) in [7, 11) is 1.88. The highest BCUT2D eigenvalue weighted by Gasteiger charge is 2.31. The second-order valence-electron chi connectivity index (χ2n) is 7.98. The van der Waals surface area contributed by atoms with E-state index in [9.17, 15) is 14.7 Å². The summed E-state index contributed by atoms with van der Waals surface area (Å²) in [4.78, 5) is 25.7. The number of carboxylic acids is 1. The largest absolute Gasteiger partial charge is 0.477 e. The third-order valence-corrected chi connectivity index (χ3v) is 7.32. The number of fused-ring (bicyclic) bond motifs is 2. The van der Waals surface area contributed by atoms with Gasteiger partial charge in [0.1, 0.15) is 11.4 Å². The summed E-state index contributed by atoms with van der Waals surface area (Å²) in [5, 5.41) is 12.4. The van der Waals surface area contributed by atoms with Gasteiger partial charge in [0.15, 0.2) is 5.82 Å². The lowest BCUT2D eigenvalue weighted by Gasteiger charge is -2.21. The van der Waals surface area contributed by atoms with E-state index < -0.39 is 28.6 Å². The van der Waals surface area contributed by atoms with Gasteiger partial charge in [-0.15, -0.1) is 11.3 Å². The lowest BCUT2D eigenvalue weighted by Crippen LogP contribution is -2.20. The lowest BCUT2D eigenvalue weighted by molar-refractivity contribution is 0.0695. The SMILES string of the molecule is CNC1CCCc2sc(-c3c(F)cc4c(=O)c(C(=O)O)cn(C5CC5)c4c3F)cc21. The minimum Gasteiger partial charge on any atom is -0.477 e. The van der Waals surface area contributed by atoms with Gasteiger partial charge in [-0.3, -0.25) is 4.79 Å². The van der Waals surface area contributed by atoms with E-state index in [1.54, 1.807) is 0 Å². The highest BCUT2D eigenvalue weighted by Crippen LogP contribution is 2.44. The molecule has 8 heteroatoms. The fourth-order valence-corrected chi connectivity index (χ4v) is 5.74. The minimum atomic E-state index is -1.40. The van der Waals surface area contributed by atoms with Gasteiger partial charge < -0.3 is 15.0 Å². The van der Waals surface area contributed by atoms with Gasteiger partial charge in [0, 0.05) is 28.0 Å². The summed E-state index contributed by atoms with van der Waals surface area (Å²) in [5.41, 5.74) is -0.415. The predicted molar refractivity (Wildman–Crippen MR) is 111 cm³/mol. The second-order valence-corrected chi connectivity index (χ2v) is 9.12. The molecule has 2 aliphatic carbocycles. The van der Waals surface area contributed by atoms with Gasteiger partial charge in [-0.05, 0) is 56.8 Å². The molecule has 0 aliphatic heterocycles. The Bertz CT molecular complexity index is 1260. The molecule has 0 spiro atoms. The van der Waals surface area contributed by atoms with Gasteiger partial charge in [-0.25, -0.2) is 13.6 Å². The van der Waals surface area contributed by atoms with Crippen LogP contribution in [0.2, 0.25) is 0 Å².